The predicted octanol–water partition coefficient (Wildman–Crippen LogP) is 4.40. The summed E-state index contributed by atoms with van der Waals surface area (Å²) in [5, 5.41) is 0. The number of nitrogens with zero attached hydrogens (tertiary/aromatic N) is 2. The maximum atomic E-state index is 12.7. The quantitative estimate of drug-likeness (QED) is 0.422. The lowest BCUT2D eigenvalue weighted by molar-refractivity contribution is -0.237. The highest BCUT2D eigenvalue weighted by molar-refractivity contribution is 6.07. The zero-order valence-corrected chi connectivity index (χ0v) is 14.7. The lowest BCUT2D eigenvalue weighted by Gasteiger charge is -2.12. The van der Waals surface area contributed by atoms with Crippen LogP contribution in [0.2, 0.25) is 0 Å². The van der Waals surface area contributed by atoms with Crippen molar-refractivity contribution in [3.05, 3.63) is 72.7 Å². The molecule has 0 aliphatic rings. The van der Waals surface area contributed by atoms with Crippen molar-refractivity contribution in [3.63, 3.8) is 0 Å². The number of hydrogen-bond acceptors (Lipinski definition) is 5. The molecule has 4 aromatic rings. The summed E-state index contributed by atoms with van der Waals surface area (Å²) in [6.07, 6.45) is 1.60. The van der Waals surface area contributed by atoms with E-state index in [0.29, 0.717) is 16.8 Å². The van der Waals surface area contributed by atoms with E-state index in [-0.39, 0.29) is 12.3 Å². The van der Waals surface area contributed by atoms with Crippen molar-refractivity contribution in [2.24, 2.45) is 0 Å². The second kappa shape index (κ2) is 7.39. The van der Waals surface area contributed by atoms with Gasteiger partial charge in [0.15, 0.2) is 5.69 Å². The van der Waals surface area contributed by atoms with E-state index < -0.39 is 5.97 Å². The van der Waals surface area contributed by atoms with Gasteiger partial charge in [0.25, 0.3) is 0 Å². The van der Waals surface area contributed by atoms with Crippen LogP contribution in [0.5, 0.6) is 0 Å². The molecule has 0 unspecified atom stereocenters. The van der Waals surface area contributed by atoms with Crippen molar-refractivity contribution < 1.29 is 14.6 Å². The van der Waals surface area contributed by atoms with Crippen molar-refractivity contribution in [3.8, 4) is 22.4 Å². The SMILES string of the molecule is CCOOC(=O)c1nc(-c2ccccc2)c2nc[nH]c2c1-c1ccccc1. The second-order valence-corrected chi connectivity index (χ2v) is 5.82. The van der Waals surface area contributed by atoms with Gasteiger partial charge in [0.05, 0.1) is 24.1 Å². The number of aromatic amines is 1. The Morgan fingerprint density at radius 1 is 1.00 bits per heavy atom. The molecular weight excluding hydrogens is 342 g/mol. The lowest BCUT2D eigenvalue weighted by Crippen LogP contribution is -2.11. The van der Waals surface area contributed by atoms with Gasteiger partial charge in [0.2, 0.25) is 0 Å². The Labute approximate surface area is 155 Å². The number of hydrogen-bond donors (Lipinski definition) is 1. The number of nitrogens with one attached hydrogen (secondary N) is 1. The zero-order chi connectivity index (χ0) is 18.6. The van der Waals surface area contributed by atoms with Crippen LogP contribution in [-0.4, -0.2) is 27.5 Å². The van der Waals surface area contributed by atoms with Crippen molar-refractivity contribution in [1.29, 1.82) is 0 Å². The predicted molar refractivity (Wildman–Crippen MR) is 102 cm³/mol. The molecule has 2 heterocycles. The number of fused-ring (bicyclic) bond motifs is 1. The number of imidazole rings is 1. The second-order valence-electron chi connectivity index (χ2n) is 5.82. The van der Waals surface area contributed by atoms with Gasteiger partial charge in [-0.05, 0) is 12.5 Å². The highest BCUT2D eigenvalue weighted by Gasteiger charge is 2.24. The van der Waals surface area contributed by atoms with E-state index in [1.807, 2.05) is 60.7 Å². The molecule has 0 aliphatic heterocycles. The van der Waals surface area contributed by atoms with Gasteiger partial charge in [-0.2, -0.15) is 4.89 Å². The van der Waals surface area contributed by atoms with Crippen LogP contribution in [0.3, 0.4) is 0 Å². The monoisotopic (exact) mass is 359 g/mol. The number of carbonyl (C=O) groups excluding carboxylic acids is 1. The lowest BCUT2D eigenvalue weighted by atomic mass is 9.99. The summed E-state index contributed by atoms with van der Waals surface area (Å²) in [5.41, 5.74) is 4.52. The molecule has 0 aliphatic carbocycles. The molecule has 0 fully saturated rings. The minimum absolute atomic E-state index is 0.172. The largest absolute Gasteiger partial charge is 0.391 e. The molecular formula is C21H17N3O3. The molecule has 0 bridgehead atoms. The Morgan fingerprint density at radius 3 is 2.33 bits per heavy atom. The molecule has 2 aromatic heterocycles. The van der Waals surface area contributed by atoms with Crippen molar-refractivity contribution in [2.45, 2.75) is 6.92 Å². The Kier molecular flexibility index (Phi) is 4.63. The molecule has 27 heavy (non-hydrogen) atoms. The number of carbonyl (C=O) groups is 1. The summed E-state index contributed by atoms with van der Waals surface area (Å²) in [5.74, 6) is -0.649. The molecule has 0 saturated carbocycles. The van der Waals surface area contributed by atoms with Gasteiger partial charge < -0.3 is 4.98 Å². The summed E-state index contributed by atoms with van der Waals surface area (Å²) >= 11 is 0. The standard InChI is InChI=1S/C21H17N3O3/c1-2-26-27-21(25)19-16(14-9-5-3-6-10-14)18-20(23-13-22-18)17(24-19)15-11-7-4-8-12-15/h3-13H,2H2,1H3,(H,22,23). The van der Waals surface area contributed by atoms with Gasteiger partial charge in [-0.15, -0.1) is 0 Å². The molecule has 0 saturated heterocycles. The van der Waals surface area contributed by atoms with Crippen LogP contribution < -0.4 is 0 Å². The van der Waals surface area contributed by atoms with Crippen LogP contribution >= 0.6 is 0 Å². The van der Waals surface area contributed by atoms with Gasteiger partial charge in [0.1, 0.15) is 5.52 Å². The summed E-state index contributed by atoms with van der Waals surface area (Å²) in [6, 6.07) is 19.2. The van der Waals surface area contributed by atoms with Crippen molar-refractivity contribution in [1.82, 2.24) is 15.0 Å². The van der Waals surface area contributed by atoms with E-state index in [1.54, 1.807) is 13.3 Å². The van der Waals surface area contributed by atoms with Crippen LogP contribution in [-0.2, 0) is 9.78 Å². The molecule has 4 rings (SSSR count). The number of pyridine rings is 1. The van der Waals surface area contributed by atoms with Crippen LogP contribution in [0.25, 0.3) is 33.4 Å². The molecule has 0 radical (unpaired) electrons. The average Bonchev–Trinajstić information content (AvgIpc) is 3.21. The minimum Gasteiger partial charge on any atom is -0.344 e. The first-order valence-electron chi connectivity index (χ1n) is 8.61. The molecule has 2 aromatic carbocycles. The van der Waals surface area contributed by atoms with E-state index in [9.17, 15) is 4.79 Å². The Balaban J connectivity index is 2.00. The normalized spacial score (nSPS) is 10.9. The van der Waals surface area contributed by atoms with Crippen LogP contribution in [0.15, 0.2) is 67.0 Å². The van der Waals surface area contributed by atoms with Gasteiger partial charge in [-0.25, -0.2) is 14.8 Å². The molecule has 0 atom stereocenters. The number of benzene rings is 2. The highest BCUT2D eigenvalue weighted by atomic mass is 17.2. The Hall–Kier alpha value is -3.51. The maximum Gasteiger partial charge on any atom is 0.391 e. The Bertz CT molecular complexity index is 1080. The molecule has 6 nitrogen and oxygen atoms in total. The van der Waals surface area contributed by atoms with E-state index in [2.05, 4.69) is 15.0 Å². The van der Waals surface area contributed by atoms with Crippen LogP contribution in [0, 0.1) is 0 Å². The first-order valence-corrected chi connectivity index (χ1v) is 8.61. The van der Waals surface area contributed by atoms with Gasteiger partial charge >= 0.3 is 5.97 Å². The van der Waals surface area contributed by atoms with E-state index in [1.165, 1.54) is 0 Å². The summed E-state index contributed by atoms with van der Waals surface area (Å²) in [7, 11) is 0. The van der Waals surface area contributed by atoms with Gasteiger partial charge in [-0.1, -0.05) is 60.7 Å². The molecule has 134 valence electrons. The van der Waals surface area contributed by atoms with Gasteiger partial charge in [-0.3, -0.25) is 4.89 Å². The van der Waals surface area contributed by atoms with Crippen molar-refractivity contribution in [2.75, 3.05) is 6.61 Å². The molecule has 0 spiro atoms. The third-order valence-corrected chi connectivity index (χ3v) is 4.13. The first-order chi connectivity index (χ1) is 13.3. The fraction of sp³-hybridized carbons (Fsp3) is 0.0952. The number of rotatable bonds is 5. The third kappa shape index (κ3) is 3.18. The summed E-state index contributed by atoms with van der Waals surface area (Å²) < 4.78 is 0. The van der Waals surface area contributed by atoms with Crippen LogP contribution in [0.1, 0.15) is 17.4 Å². The van der Waals surface area contributed by atoms with Crippen molar-refractivity contribution >= 4 is 17.0 Å². The van der Waals surface area contributed by atoms with E-state index in [4.69, 9.17) is 9.78 Å². The minimum atomic E-state index is -0.649. The zero-order valence-electron chi connectivity index (χ0n) is 14.7. The third-order valence-electron chi connectivity index (χ3n) is 4.13. The Morgan fingerprint density at radius 2 is 1.67 bits per heavy atom. The topological polar surface area (TPSA) is 77.1 Å². The fourth-order valence-electron chi connectivity index (χ4n) is 2.99. The van der Waals surface area contributed by atoms with E-state index in [0.717, 1.165) is 16.6 Å². The number of H-pyrrole nitrogens is 1. The summed E-state index contributed by atoms with van der Waals surface area (Å²) in [6.45, 7) is 2.00. The molecule has 0 amide bonds. The first kappa shape index (κ1) is 16.9. The smallest absolute Gasteiger partial charge is 0.344 e. The number of aromatic nitrogens is 3. The average molecular weight is 359 g/mol. The fourth-order valence-corrected chi connectivity index (χ4v) is 2.99. The molecule has 1 N–H and O–H groups in total. The maximum absolute atomic E-state index is 12.7. The molecule has 6 heteroatoms. The van der Waals surface area contributed by atoms with E-state index >= 15 is 0 Å². The van der Waals surface area contributed by atoms with Gasteiger partial charge in [0, 0.05) is 11.1 Å². The summed E-state index contributed by atoms with van der Waals surface area (Å²) in [4.78, 5) is 34.7. The van der Waals surface area contributed by atoms with Crippen LogP contribution in [0.4, 0.5) is 0 Å². The highest BCUT2D eigenvalue weighted by Crippen LogP contribution is 2.35.